The standard InChI is InChI=1S/C23H18ClFN4S/c24-18-5-1-16(2-6-18)23-26-11-17-12-29(10-9-20(17)28-23)13-22-27-21(14-30-22)15-3-7-19(25)8-4-15/h1-8,11,14H,9-10,12-13H2. The summed E-state index contributed by atoms with van der Waals surface area (Å²) in [4.78, 5) is 16.4. The Kier molecular flexibility index (Phi) is 5.29. The van der Waals surface area contributed by atoms with Gasteiger partial charge in [0.05, 0.1) is 17.9 Å². The van der Waals surface area contributed by atoms with Gasteiger partial charge in [-0.05, 0) is 48.5 Å². The Hall–Kier alpha value is -2.67. The Morgan fingerprint density at radius 2 is 1.77 bits per heavy atom. The summed E-state index contributed by atoms with van der Waals surface area (Å²) < 4.78 is 13.1. The molecule has 7 heteroatoms. The molecule has 0 spiro atoms. The largest absolute Gasteiger partial charge is 0.292 e. The summed E-state index contributed by atoms with van der Waals surface area (Å²) in [6.45, 7) is 2.52. The fourth-order valence-electron chi connectivity index (χ4n) is 3.58. The van der Waals surface area contributed by atoms with Gasteiger partial charge >= 0.3 is 0 Å². The number of benzene rings is 2. The van der Waals surface area contributed by atoms with E-state index in [1.807, 2.05) is 35.8 Å². The van der Waals surface area contributed by atoms with Crippen molar-refractivity contribution in [2.75, 3.05) is 6.54 Å². The van der Waals surface area contributed by atoms with Crippen molar-refractivity contribution in [3.63, 3.8) is 0 Å². The second-order valence-electron chi connectivity index (χ2n) is 7.27. The highest BCUT2D eigenvalue weighted by molar-refractivity contribution is 7.09. The Bertz CT molecular complexity index is 1170. The Morgan fingerprint density at radius 1 is 1.00 bits per heavy atom. The highest BCUT2D eigenvalue weighted by atomic mass is 35.5. The Labute approximate surface area is 183 Å². The monoisotopic (exact) mass is 436 g/mol. The highest BCUT2D eigenvalue weighted by Gasteiger charge is 2.20. The molecule has 0 fully saturated rings. The van der Waals surface area contributed by atoms with Crippen LogP contribution in [0, 0.1) is 5.82 Å². The van der Waals surface area contributed by atoms with Gasteiger partial charge in [-0.2, -0.15) is 0 Å². The summed E-state index contributed by atoms with van der Waals surface area (Å²) in [5.41, 5.74) is 5.07. The van der Waals surface area contributed by atoms with Crippen molar-refractivity contribution in [1.29, 1.82) is 0 Å². The quantitative estimate of drug-likeness (QED) is 0.416. The molecule has 1 aliphatic rings. The number of hydrogen-bond donors (Lipinski definition) is 0. The molecule has 5 rings (SSSR count). The first kappa shape index (κ1) is 19.3. The van der Waals surface area contributed by atoms with E-state index in [-0.39, 0.29) is 5.82 Å². The lowest BCUT2D eigenvalue weighted by Crippen LogP contribution is -2.30. The van der Waals surface area contributed by atoms with Gasteiger partial charge in [0.25, 0.3) is 0 Å². The lowest BCUT2D eigenvalue weighted by Gasteiger charge is -2.27. The van der Waals surface area contributed by atoms with E-state index in [1.165, 1.54) is 12.1 Å². The first-order chi connectivity index (χ1) is 14.6. The zero-order valence-electron chi connectivity index (χ0n) is 16.1. The molecule has 0 saturated heterocycles. The van der Waals surface area contributed by atoms with E-state index in [1.54, 1.807) is 23.5 Å². The predicted octanol–water partition coefficient (Wildman–Crippen LogP) is 5.62. The van der Waals surface area contributed by atoms with Crippen molar-refractivity contribution in [3.05, 3.63) is 87.2 Å². The summed E-state index contributed by atoms with van der Waals surface area (Å²) in [6.07, 6.45) is 2.82. The smallest absolute Gasteiger partial charge is 0.159 e. The third-order valence-electron chi connectivity index (χ3n) is 5.17. The molecule has 0 saturated carbocycles. The van der Waals surface area contributed by atoms with Crippen LogP contribution in [0.1, 0.15) is 16.3 Å². The van der Waals surface area contributed by atoms with Crippen molar-refractivity contribution < 1.29 is 4.39 Å². The molecule has 0 radical (unpaired) electrons. The van der Waals surface area contributed by atoms with E-state index in [9.17, 15) is 4.39 Å². The number of aromatic nitrogens is 3. The van der Waals surface area contributed by atoms with Gasteiger partial charge in [0.1, 0.15) is 10.8 Å². The SMILES string of the molecule is Fc1ccc(-c2csc(CN3CCc4nc(-c5ccc(Cl)cc5)ncc4C3)n2)cc1. The van der Waals surface area contributed by atoms with Crippen LogP contribution in [0.15, 0.2) is 60.1 Å². The molecule has 2 aromatic heterocycles. The van der Waals surface area contributed by atoms with E-state index in [4.69, 9.17) is 21.6 Å². The van der Waals surface area contributed by atoms with Gasteiger partial charge in [-0.25, -0.2) is 19.3 Å². The average molecular weight is 437 g/mol. The minimum absolute atomic E-state index is 0.234. The van der Waals surface area contributed by atoms with Gasteiger partial charge in [0.2, 0.25) is 0 Å². The van der Waals surface area contributed by atoms with Crippen molar-refractivity contribution in [1.82, 2.24) is 19.9 Å². The molecule has 0 atom stereocenters. The van der Waals surface area contributed by atoms with E-state index >= 15 is 0 Å². The molecule has 0 amide bonds. The number of halogens is 2. The molecule has 0 N–H and O–H groups in total. The summed E-state index contributed by atoms with van der Waals surface area (Å²) in [5.74, 6) is 0.505. The van der Waals surface area contributed by atoms with Crippen LogP contribution in [0.25, 0.3) is 22.6 Å². The number of hydrogen-bond acceptors (Lipinski definition) is 5. The number of nitrogens with zero attached hydrogens (tertiary/aromatic N) is 4. The molecular formula is C23H18ClFN4S. The fourth-order valence-corrected chi connectivity index (χ4v) is 4.55. The maximum atomic E-state index is 13.1. The topological polar surface area (TPSA) is 41.9 Å². The maximum Gasteiger partial charge on any atom is 0.159 e. The molecule has 2 aromatic carbocycles. The van der Waals surface area contributed by atoms with Crippen LogP contribution in [0.4, 0.5) is 4.39 Å². The predicted molar refractivity (Wildman–Crippen MR) is 118 cm³/mol. The first-order valence-electron chi connectivity index (χ1n) is 9.67. The molecule has 1 aliphatic heterocycles. The van der Waals surface area contributed by atoms with E-state index < -0.39 is 0 Å². The summed E-state index contributed by atoms with van der Waals surface area (Å²) in [6, 6.07) is 14.1. The Balaban J connectivity index is 1.28. The highest BCUT2D eigenvalue weighted by Crippen LogP contribution is 2.26. The number of fused-ring (bicyclic) bond motifs is 1. The summed E-state index contributed by atoms with van der Waals surface area (Å²) in [5, 5.41) is 3.79. The normalized spacial score (nSPS) is 13.9. The van der Waals surface area contributed by atoms with Crippen LogP contribution in [0.3, 0.4) is 0 Å². The third-order valence-corrected chi connectivity index (χ3v) is 6.25. The van der Waals surface area contributed by atoms with E-state index in [2.05, 4.69) is 9.88 Å². The fraction of sp³-hybridized carbons (Fsp3) is 0.174. The van der Waals surface area contributed by atoms with Crippen LogP contribution in [-0.4, -0.2) is 26.4 Å². The van der Waals surface area contributed by atoms with Crippen LogP contribution in [0.2, 0.25) is 5.02 Å². The number of thiazole rings is 1. The maximum absolute atomic E-state index is 13.1. The lowest BCUT2D eigenvalue weighted by atomic mass is 10.1. The first-order valence-corrected chi connectivity index (χ1v) is 10.9. The van der Waals surface area contributed by atoms with Gasteiger partial charge in [-0.1, -0.05) is 11.6 Å². The third kappa shape index (κ3) is 4.12. The second-order valence-corrected chi connectivity index (χ2v) is 8.65. The molecule has 4 aromatic rings. The molecule has 0 aliphatic carbocycles. The minimum Gasteiger partial charge on any atom is -0.292 e. The second kappa shape index (κ2) is 8.22. The molecule has 3 heterocycles. The Morgan fingerprint density at radius 3 is 2.57 bits per heavy atom. The van der Waals surface area contributed by atoms with Gasteiger partial charge in [-0.15, -0.1) is 11.3 Å². The molecule has 0 unspecified atom stereocenters. The van der Waals surface area contributed by atoms with Crippen LogP contribution in [-0.2, 0) is 19.5 Å². The molecule has 0 bridgehead atoms. The van der Waals surface area contributed by atoms with Gasteiger partial charge in [-0.3, -0.25) is 4.90 Å². The van der Waals surface area contributed by atoms with Gasteiger partial charge in [0.15, 0.2) is 5.82 Å². The van der Waals surface area contributed by atoms with E-state index in [0.29, 0.717) is 5.02 Å². The molecule has 4 nitrogen and oxygen atoms in total. The minimum atomic E-state index is -0.234. The van der Waals surface area contributed by atoms with Crippen molar-refractivity contribution >= 4 is 22.9 Å². The summed E-state index contributed by atoms with van der Waals surface area (Å²) in [7, 11) is 0. The van der Waals surface area contributed by atoms with Crippen LogP contribution < -0.4 is 0 Å². The molecule has 150 valence electrons. The van der Waals surface area contributed by atoms with Gasteiger partial charge < -0.3 is 0 Å². The van der Waals surface area contributed by atoms with Gasteiger partial charge in [0, 0.05) is 52.8 Å². The van der Waals surface area contributed by atoms with Crippen molar-refractivity contribution in [2.45, 2.75) is 19.5 Å². The average Bonchev–Trinajstić information content (AvgIpc) is 3.23. The van der Waals surface area contributed by atoms with Crippen molar-refractivity contribution in [3.8, 4) is 22.6 Å². The lowest BCUT2D eigenvalue weighted by molar-refractivity contribution is 0.242. The molecular weight excluding hydrogens is 419 g/mol. The summed E-state index contributed by atoms with van der Waals surface area (Å²) >= 11 is 7.61. The molecule has 30 heavy (non-hydrogen) atoms. The van der Waals surface area contributed by atoms with Crippen LogP contribution >= 0.6 is 22.9 Å². The zero-order valence-corrected chi connectivity index (χ0v) is 17.6. The van der Waals surface area contributed by atoms with Crippen LogP contribution in [0.5, 0.6) is 0 Å². The zero-order chi connectivity index (χ0) is 20.5. The van der Waals surface area contributed by atoms with E-state index in [0.717, 1.165) is 65.0 Å². The van der Waals surface area contributed by atoms with Crippen molar-refractivity contribution in [2.24, 2.45) is 0 Å². The number of rotatable bonds is 4.